The van der Waals surface area contributed by atoms with Crippen LogP contribution in [0.2, 0.25) is 0 Å². The Bertz CT molecular complexity index is 392. The van der Waals surface area contributed by atoms with Crippen LogP contribution in [0.25, 0.3) is 0 Å². The first-order valence-electron chi connectivity index (χ1n) is 4.76. The molecule has 0 saturated heterocycles. The average Bonchev–Trinajstić information content (AvgIpc) is 2.61. The number of carbonyl (C=O) groups excluding carboxylic acids is 1. The van der Waals surface area contributed by atoms with E-state index in [4.69, 9.17) is 0 Å². The van der Waals surface area contributed by atoms with E-state index in [2.05, 4.69) is 9.84 Å². The zero-order valence-corrected chi connectivity index (χ0v) is 8.87. The fourth-order valence-corrected chi connectivity index (χ4v) is 1.18. The Labute approximate surface area is 94.2 Å². The van der Waals surface area contributed by atoms with E-state index in [0.717, 1.165) is 6.07 Å². The van der Waals surface area contributed by atoms with E-state index in [-0.39, 0.29) is 6.61 Å². The molecule has 1 rings (SSSR count). The normalized spacial score (nSPS) is 11.2. The summed E-state index contributed by atoms with van der Waals surface area (Å²) in [6.45, 7) is 0.601. The highest BCUT2D eigenvalue weighted by Crippen LogP contribution is 2.19. The summed E-state index contributed by atoms with van der Waals surface area (Å²) in [5, 5.41) is 3.24. The van der Waals surface area contributed by atoms with E-state index in [0.29, 0.717) is 4.68 Å². The van der Waals surface area contributed by atoms with Gasteiger partial charge in [0.05, 0.1) is 6.61 Å². The molecule has 0 bridgehead atoms. The van der Waals surface area contributed by atoms with E-state index in [1.807, 2.05) is 0 Å². The third-order valence-corrected chi connectivity index (χ3v) is 1.82. The molecule has 0 amide bonds. The van der Waals surface area contributed by atoms with Crippen molar-refractivity contribution < 1.29 is 27.1 Å². The first-order chi connectivity index (χ1) is 7.95. The minimum atomic E-state index is -2.93. The quantitative estimate of drug-likeness (QED) is 0.598. The van der Waals surface area contributed by atoms with E-state index in [1.54, 1.807) is 0 Å². The second kappa shape index (κ2) is 5.65. The molecule has 0 aliphatic rings. The lowest BCUT2D eigenvalue weighted by molar-refractivity contribution is 0.0502. The van der Waals surface area contributed by atoms with Crippen LogP contribution in [0.1, 0.15) is 29.5 Å². The van der Waals surface area contributed by atoms with Crippen molar-refractivity contribution in [2.45, 2.75) is 26.3 Å². The van der Waals surface area contributed by atoms with Gasteiger partial charge in [0.15, 0.2) is 0 Å². The van der Waals surface area contributed by atoms with Gasteiger partial charge < -0.3 is 4.74 Å². The predicted molar refractivity (Wildman–Crippen MR) is 49.1 cm³/mol. The summed E-state index contributed by atoms with van der Waals surface area (Å²) in [5.74, 6) is -0.951. The summed E-state index contributed by atoms with van der Waals surface area (Å²) in [6.07, 6.45) is -5.73. The molecule has 0 aliphatic carbocycles. The number of aromatic nitrogens is 2. The molecule has 1 heterocycles. The van der Waals surface area contributed by atoms with E-state index in [9.17, 15) is 22.4 Å². The first-order valence-corrected chi connectivity index (χ1v) is 4.76. The minimum Gasteiger partial charge on any atom is -0.461 e. The van der Waals surface area contributed by atoms with Crippen molar-refractivity contribution in [2.24, 2.45) is 0 Å². The fraction of sp³-hybridized carbons (Fsp3) is 0.556. The third kappa shape index (κ3) is 3.43. The van der Waals surface area contributed by atoms with Crippen molar-refractivity contribution >= 4 is 5.97 Å². The van der Waals surface area contributed by atoms with Crippen LogP contribution in [0.5, 0.6) is 0 Å². The van der Waals surface area contributed by atoms with Crippen molar-refractivity contribution in [2.75, 3.05) is 6.61 Å². The Balaban J connectivity index is 3.02. The van der Waals surface area contributed by atoms with Gasteiger partial charge in [-0.2, -0.15) is 5.10 Å². The summed E-state index contributed by atoms with van der Waals surface area (Å²) < 4.78 is 54.1. The molecule has 0 aliphatic heterocycles. The third-order valence-electron chi connectivity index (χ3n) is 1.82. The van der Waals surface area contributed by atoms with Crippen LogP contribution in [0, 0.1) is 0 Å². The van der Waals surface area contributed by atoms with Gasteiger partial charge in [-0.25, -0.2) is 22.4 Å². The van der Waals surface area contributed by atoms with Gasteiger partial charge in [0.1, 0.15) is 17.9 Å². The molecular formula is C9H10F4N2O2. The molecular weight excluding hydrogens is 244 g/mol. The fourth-order valence-electron chi connectivity index (χ4n) is 1.18. The molecule has 0 aromatic carbocycles. The van der Waals surface area contributed by atoms with Crippen molar-refractivity contribution in [3.8, 4) is 0 Å². The van der Waals surface area contributed by atoms with Crippen LogP contribution >= 0.6 is 0 Å². The van der Waals surface area contributed by atoms with Crippen molar-refractivity contribution in [3.63, 3.8) is 0 Å². The smallest absolute Gasteiger partial charge is 0.356 e. The Morgan fingerprint density at radius 3 is 2.59 bits per heavy atom. The van der Waals surface area contributed by atoms with Gasteiger partial charge in [-0.15, -0.1) is 0 Å². The number of hydrogen-bond donors (Lipinski definition) is 0. The SMILES string of the molecule is CCOC(=O)c1cc(C(F)F)nn1CC(F)F. The molecule has 0 spiro atoms. The summed E-state index contributed by atoms with van der Waals surface area (Å²) in [5.41, 5.74) is -1.13. The number of esters is 1. The molecule has 1 aromatic heterocycles. The zero-order chi connectivity index (χ0) is 13.0. The monoisotopic (exact) mass is 254 g/mol. The molecule has 0 fully saturated rings. The molecule has 0 atom stereocenters. The molecule has 0 unspecified atom stereocenters. The van der Waals surface area contributed by atoms with Gasteiger partial charge in [-0.3, -0.25) is 4.68 Å². The van der Waals surface area contributed by atoms with E-state index in [1.165, 1.54) is 6.92 Å². The second-order valence-electron chi connectivity index (χ2n) is 3.05. The number of halogens is 4. The van der Waals surface area contributed by atoms with Crippen LogP contribution in [0.3, 0.4) is 0 Å². The summed E-state index contributed by atoms with van der Waals surface area (Å²) in [4.78, 5) is 11.3. The maximum atomic E-state index is 12.3. The van der Waals surface area contributed by atoms with Gasteiger partial charge in [0.25, 0.3) is 12.9 Å². The number of carbonyl (C=O) groups is 1. The molecule has 8 heteroatoms. The summed E-state index contributed by atoms with van der Waals surface area (Å²) in [7, 11) is 0. The number of rotatable bonds is 5. The minimum absolute atomic E-state index is 0.0166. The topological polar surface area (TPSA) is 44.1 Å². The van der Waals surface area contributed by atoms with Crippen LogP contribution in [-0.4, -0.2) is 28.8 Å². The van der Waals surface area contributed by atoms with Gasteiger partial charge in [0, 0.05) is 0 Å². The number of alkyl halides is 4. The highest BCUT2D eigenvalue weighted by atomic mass is 19.3. The summed E-state index contributed by atoms with van der Waals surface area (Å²) in [6, 6.07) is 0.755. The van der Waals surface area contributed by atoms with E-state index < -0.39 is 36.8 Å². The zero-order valence-electron chi connectivity index (χ0n) is 8.87. The number of ether oxygens (including phenoxy) is 1. The highest BCUT2D eigenvalue weighted by Gasteiger charge is 2.22. The molecule has 0 radical (unpaired) electrons. The lowest BCUT2D eigenvalue weighted by Gasteiger charge is -2.05. The van der Waals surface area contributed by atoms with Crippen LogP contribution < -0.4 is 0 Å². The average molecular weight is 254 g/mol. The van der Waals surface area contributed by atoms with Gasteiger partial charge in [0.2, 0.25) is 0 Å². The molecule has 96 valence electrons. The van der Waals surface area contributed by atoms with Crippen LogP contribution in [0.4, 0.5) is 17.6 Å². The molecule has 1 aromatic rings. The maximum absolute atomic E-state index is 12.3. The van der Waals surface area contributed by atoms with Gasteiger partial charge in [-0.1, -0.05) is 0 Å². The number of hydrogen-bond acceptors (Lipinski definition) is 3. The molecule has 4 nitrogen and oxygen atoms in total. The standard InChI is InChI=1S/C9H10F4N2O2/c1-2-17-9(16)6-3-5(8(12)13)14-15(6)4-7(10)11/h3,7-8H,2,4H2,1H3. The molecule has 0 N–H and O–H groups in total. The van der Waals surface area contributed by atoms with Crippen LogP contribution in [0.15, 0.2) is 6.07 Å². The number of nitrogens with zero attached hydrogens (tertiary/aromatic N) is 2. The maximum Gasteiger partial charge on any atom is 0.356 e. The van der Waals surface area contributed by atoms with Crippen LogP contribution in [-0.2, 0) is 11.3 Å². The van der Waals surface area contributed by atoms with Gasteiger partial charge in [-0.05, 0) is 13.0 Å². The van der Waals surface area contributed by atoms with Crippen molar-refractivity contribution in [1.29, 1.82) is 0 Å². The predicted octanol–water partition coefficient (Wildman–Crippen LogP) is 2.26. The summed E-state index contributed by atoms with van der Waals surface area (Å²) >= 11 is 0. The largest absolute Gasteiger partial charge is 0.461 e. The Kier molecular flexibility index (Phi) is 4.47. The van der Waals surface area contributed by atoms with E-state index >= 15 is 0 Å². The molecule has 0 saturated carbocycles. The van der Waals surface area contributed by atoms with Crippen molar-refractivity contribution in [3.05, 3.63) is 17.5 Å². The lowest BCUT2D eigenvalue weighted by Crippen LogP contribution is -2.16. The molecule has 17 heavy (non-hydrogen) atoms. The van der Waals surface area contributed by atoms with Gasteiger partial charge >= 0.3 is 5.97 Å². The lowest BCUT2D eigenvalue weighted by atomic mass is 10.3. The first kappa shape index (κ1) is 13.5. The Morgan fingerprint density at radius 1 is 1.47 bits per heavy atom. The van der Waals surface area contributed by atoms with Crippen molar-refractivity contribution in [1.82, 2.24) is 9.78 Å². The highest BCUT2D eigenvalue weighted by molar-refractivity contribution is 5.87. The second-order valence-corrected chi connectivity index (χ2v) is 3.05. The Hall–Kier alpha value is -1.60. The Morgan fingerprint density at radius 2 is 2.12 bits per heavy atom.